The zero-order valence-electron chi connectivity index (χ0n) is 5.63. The van der Waals surface area contributed by atoms with Gasteiger partial charge in [0.05, 0.1) is 6.26 Å². The summed E-state index contributed by atoms with van der Waals surface area (Å²) in [6, 6.07) is 0. The van der Waals surface area contributed by atoms with E-state index in [4.69, 9.17) is 5.11 Å². The van der Waals surface area contributed by atoms with Crippen LogP contribution in [0.4, 0.5) is 0 Å². The van der Waals surface area contributed by atoms with Gasteiger partial charge in [-0.15, -0.1) is 0 Å². The van der Waals surface area contributed by atoms with Gasteiger partial charge in [0.25, 0.3) is 0 Å². The molecule has 3 heteroatoms. The summed E-state index contributed by atoms with van der Waals surface area (Å²) in [5, 5.41) is 8.82. The molecule has 1 aromatic heterocycles. The molecule has 0 aromatic carbocycles. The number of rotatable bonds is 1. The van der Waals surface area contributed by atoms with Crippen LogP contribution in [0, 0.1) is 0 Å². The molecule has 0 fully saturated rings. The minimum absolute atomic E-state index is 0.320. The van der Waals surface area contributed by atoms with Crippen LogP contribution in [0.5, 0.6) is 5.75 Å². The van der Waals surface area contributed by atoms with Crippen molar-refractivity contribution in [3.63, 3.8) is 0 Å². The molecule has 0 aliphatic rings. The van der Waals surface area contributed by atoms with E-state index in [-0.39, 0.29) is 11.2 Å². The number of aryl methyl sites for hydroxylation is 1. The summed E-state index contributed by atoms with van der Waals surface area (Å²) < 4.78 is 4.66. The van der Waals surface area contributed by atoms with Crippen LogP contribution in [0.2, 0.25) is 0 Å². The average Bonchev–Trinajstić information content (AvgIpc) is 1.95. The first-order valence-electron chi connectivity index (χ1n) is 3.04. The van der Waals surface area contributed by atoms with Gasteiger partial charge in [-0.3, -0.25) is 4.79 Å². The molecule has 1 N–H and O–H groups in total. The minimum atomic E-state index is -0.339. The second-order valence-corrected chi connectivity index (χ2v) is 1.96. The van der Waals surface area contributed by atoms with E-state index in [0.29, 0.717) is 12.0 Å². The van der Waals surface area contributed by atoms with Crippen molar-refractivity contribution in [1.82, 2.24) is 0 Å². The summed E-state index contributed by atoms with van der Waals surface area (Å²) in [6.07, 6.45) is 2.96. The van der Waals surface area contributed by atoms with Gasteiger partial charge in [0.2, 0.25) is 5.43 Å². The Morgan fingerprint density at radius 3 is 2.80 bits per heavy atom. The Balaban J connectivity index is 3.28. The number of hydrogen-bond donors (Lipinski definition) is 1. The minimum Gasteiger partial charge on any atom is -0.502 e. The summed E-state index contributed by atoms with van der Waals surface area (Å²) >= 11 is 0. The van der Waals surface area contributed by atoms with Crippen molar-refractivity contribution in [2.24, 2.45) is 0 Å². The van der Waals surface area contributed by atoms with Gasteiger partial charge >= 0.3 is 0 Å². The fourth-order valence-corrected chi connectivity index (χ4v) is 0.696. The molecule has 0 bridgehead atoms. The van der Waals surface area contributed by atoms with Crippen molar-refractivity contribution in [2.45, 2.75) is 13.3 Å². The maximum Gasteiger partial charge on any atom is 0.229 e. The maximum atomic E-state index is 10.9. The van der Waals surface area contributed by atoms with Crippen molar-refractivity contribution in [1.29, 1.82) is 0 Å². The van der Waals surface area contributed by atoms with E-state index in [1.807, 2.05) is 6.92 Å². The van der Waals surface area contributed by atoms with Gasteiger partial charge in [-0.2, -0.15) is 0 Å². The molecule has 1 heterocycles. The van der Waals surface area contributed by atoms with Crippen LogP contribution in [0.25, 0.3) is 0 Å². The molecule has 0 aliphatic heterocycles. The molecule has 0 spiro atoms. The second-order valence-electron chi connectivity index (χ2n) is 1.96. The van der Waals surface area contributed by atoms with E-state index in [9.17, 15) is 4.79 Å². The van der Waals surface area contributed by atoms with Gasteiger partial charge in [0, 0.05) is 5.56 Å². The van der Waals surface area contributed by atoms with Crippen molar-refractivity contribution < 1.29 is 9.52 Å². The van der Waals surface area contributed by atoms with Crippen LogP contribution in [-0.4, -0.2) is 5.11 Å². The first-order chi connectivity index (χ1) is 4.75. The third-order valence-corrected chi connectivity index (χ3v) is 1.30. The smallest absolute Gasteiger partial charge is 0.229 e. The van der Waals surface area contributed by atoms with E-state index in [2.05, 4.69) is 4.42 Å². The molecular weight excluding hydrogens is 132 g/mol. The molecule has 0 saturated heterocycles. The second kappa shape index (κ2) is 2.56. The first kappa shape index (κ1) is 6.86. The zero-order chi connectivity index (χ0) is 7.56. The lowest BCUT2D eigenvalue weighted by molar-refractivity contribution is 0.426. The van der Waals surface area contributed by atoms with Gasteiger partial charge in [-0.05, 0) is 6.42 Å². The Hall–Kier alpha value is -1.25. The zero-order valence-corrected chi connectivity index (χ0v) is 5.63. The van der Waals surface area contributed by atoms with Crippen LogP contribution in [0.1, 0.15) is 12.5 Å². The van der Waals surface area contributed by atoms with E-state index in [1.54, 1.807) is 0 Å². The Morgan fingerprint density at radius 2 is 2.30 bits per heavy atom. The van der Waals surface area contributed by atoms with Gasteiger partial charge in [0.15, 0.2) is 5.75 Å². The van der Waals surface area contributed by atoms with E-state index in [1.165, 1.54) is 6.26 Å². The molecule has 1 aromatic rings. The molecule has 0 aliphatic carbocycles. The summed E-state index contributed by atoms with van der Waals surface area (Å²) in [4.78, 5) is 10.9. The Kier molecular flexibility index (Phi) is 1.76. The highest BCUT2D eigenvalue weighted by Crippen LogP contribution is 2.01. The van der Waals surface area contributed by atoms with E-state index in [0.717, 1.165) is 6.26 Å². The largest absolute Gasteiger partial charge is 0.502 e. The highest BCUT2D eigenvalue weighted by atomic mass is 16.3. The summed E-state index contributed by atoms with van der Waals surface area (Å²) in [5.74, 6) is -0.320. The van der Waals surface area contributed by atoms with Crippen LogP contribution in [0.3, 0.4) is 0 Å². The fraction of sp³-hybridized carbons (Fsp3) is 0.286. The third kappa shape index (κ3) is 1.03. The van der Waals surface area contributed by atoms with Gasteiger partial charge in [-0.1, -0.05) is 6.92 Å². The van der Waals surface area contributed by atoms with Gasteiger partial charge < -0.3 is 9.52 Å². The number of aromatic hydroxyl groups is 1. The van der Waals surface area contributed by atoms with Crippen molar-refractivity contribution in [2.75, 3.05) is 0 Å². The van der Waals surface area contributed by atoms with Crippen LogP contribution in [0.15, 0.2) is 21.7 Å². The molecule has 1 rings (SSSR count). The van der Waals surface area contributed by atoms with Gasteiger partial charge in [-0.25, -0.2) is 0 Å². The third-order valence-electron chi connectivity index (χ3n) is 1.30. The lowest BCUT2D eigenvalue weighted by atomic mass is 10.2. The van der Waals surface area contributed by atoms with Crippen molar-refractivity contribution >= 4 is 0 Å². The van der Waals surface area contributed by atoms with Crippen LogP contribution >= 0.6 is 0 Å². The normalized spacial score (nSPS) is 9.70. The van der Waals surface area contributed by atoms with Crippen LogP contribution < -0.4 is 5.43 Å². The Morgan fingerprint density at radius 1 is 1.60 bits per heavy atom. The SMILES string of the molecule is CCc1cocc(O)c1=O. The van der Waals surface area contributed by atoms with E-state index >= 15 is 0 Å². The van der Waals surface area contributed by atoms with Crippen LogP contribution in [-0.2, 0) is 6.42 Å². The highest BCUT2D eigenvalue weighted by Gasteiger charge is 2.01. The quantitative estimate of drug-likeness (QED) is 0.630. The molecule has 0 radical (unpaired) electrons. The lowest BCUT2D eigenvalue weighted by Crippen LogP contribution is -2.05. The van der Waals surface area contributed by atoms with Crippen molar-refractivity contribution in [3.05, 3.63) is 28.3 Å². The molecule has 3 nitrogen and oxygen atoms in total. The first-order valence-corrected chi connectivity index (χ1v) is 3.04. The lowest BCUT2D eigenvalue weighted by Gasteiger charge is -1.92. The molecule has 54 valence electrons. The highest BCUT2D eigenvalue weighted by molar-refractivity contribution is 5.20. The average molecular weight is 140 g/mol. The van der Waals surface area contributed by atoms with E-state index < -0.39 is 0 Å². The number of hydrogen-bond acceptors (Lipinski definition) is 3. The molecule has 0 atom stereocenters. The van der Waals surface area contributed by atoms with Gasteiger partial charge in [0.1, 0.15) is 6.26 Å². The maximum absolute atomic E-state index is 10.9. The molecule has 0 amide bonds. The topological polar surface area (TPSA) is 50.4 Å². The Bertz CT molecular complexity index is 274. The summed E-state index contributed by atoms with van der Waals surface area (Å²) in [6.45, 7) is 1.83. The van der Waals surface area contributed by atoms with Crippen molar-refractivity contribution in [3.8, 4) is 5.75 Å². The predicted octanol–water partition coefficient (Wildman–Crippen LogP) is 0.908. The molecular formula is C7H8O3. The molecule has 10 heavy (non-hydrogen) atoms. The fourth-order valence-electron chi connectivity index (χ4n) is 0.696. The standard InChI is InChI=1S/C7H8O3/c1-2-5-3-10-4-6(8)7(5)9/h3-4,8H,2H2,1H3. The summed E-state index contributed by atoms with van der Waals surface area (Å²) in [7, 11) is 0. The molecule has 0 saturated carbocycles. The molecule has 0 unspecified atom stereocenters. The Labute approximate surface area is 57.9 Å². The summed E-state index contributed by atoms with van der Waals surface area (Å²) in [5.41, 5.74) is 0.161. The monoisotopic (exact) mass is 140 g/mol. The predicted molar refractivity (Wildman–Crippen MR) is 36.0 cm³/mol.